The van der Waals surface area contributed by atoms with Gasteiger partial charge in [-0.05, 0) is 30.7 Å². The van der Waals surface area contributed by atoms with E-state index < -0.39 is 0 Å². The number of carbonyl (C=O) groups is 2. The molecule has 4 nitrogen and oxygen atoms in total. The minimum Gasteiger partial charge on any atom is -0.320 e. The highest BCUT2D eigenvalue weighted by atomic mass is 16.2. The fraction of sp³-hybridized carbons (Fsp3) is 0.176. The van der Waals surface area contributed by atoms with Crippen molar-refractivity contribution in [2.24, 2.45) is 0 Å². The Kier molecular flexibility index (Phi) is 3.69. The van der Waals surface area contributed by atoms with Crippen LogP contribution in [0.2, 0.25) is 0 Å². The molecule has 0 radical (unpaired) electrons. The van der Waals surface area contributed by atoms with Gasteiger partial charge in [-0.3, -0.25) is 9.59 Å². The molecule has 2 aromatic rings. The van der Waals surface area contributed by atoms with Crippen LogP contribution in [-0.2, 0) is 4.79 Å². The van der Waals surface area contributed by atoms with Gasteiger partial charge in [-0.25, -0.2) is 0 Å². The standard InChI is InChI=1S/C17H16N2O2/c20-16-11-6-12-19(16)15-10-5-4-9-14(15)18-17(21)13-7-2-1-3-8-13/h1-5,7-10H,6,11-12H2,(H,18,21). The average Bonchev–Trinajstić information content (AvgIpc) is 2.95. The normalized spacial score (nSPS) is 14.3. The number of amides is 2. The zero-order chi connectivity index (χ0) is 14.7. The second-order valence-electron chi connectivity index (χ2n) is 4.99. The first-order valence-corrected chi connectivity index (χ1v) is 7.01. The van der Waals surface area contributed by atoms with Crippen LogP contribution in [-0.4, -0.2) is 18.4 Å². The Bertz CT molecular complexity index is 668. The van der Waals surface area contributed by atoms with Crippen LogP contribution in [0.5, 0.6) is 0 Å². The molecule has 1 saturated heterocycles. The first-order chi connectivity index (χ1) is 10.3. The van der Waals surface area contributed by atoms with Gasteiger partial charge in [0.25, 0.3) is 5.91 Å². The lowest BCUT2D eigenvalue weighted by Gasteiger charge is -2.20. The minimum absolute atomic E-state index is 0.108. The summed E-state index contributed by atoms with van der Waals surface area (Å²) in [6.07, 6.45) is 1.43. The van der Waals surface area contributed by atoms with Gasteiger partial charge in [-0.2, -0.15) is 0 Å². The van der Waals surface area contributed by atoms with Gasteiger partial charge in [0.05, 0.1) is 11.4 Å². The molecule has 0 bridgehead atoms. The Morgan fingerprint density at radius 1 is 1.00 bits per heavy atom. The molecule has 0 aliphatic carbocycles. The van der Waals surface area contributed by atoms with Crippen LogP contribution in [0.1, 0.15) is 23.2 Å². The predicted octanol–water partition coefficient (Wildman–Crippen LogP) is 3.07. The van der Waals surface area contributed by atoms with Crippen LogP contribution < -0.4 is 10.2 Å². The van der Waals surface area contributed by atoms with Gasteiger partial charge in [-0.15, -0.1) is 0 Å². The van der Waals surface area contributed by atoms with Crippen LogP contribution in [0.15, 0.2) is 54.6 Å². The number of benzene rings is 2. The van der Waals surface area contributed by atoms with Crippen molar-refractivity contribution in [1.82, 2.24) is 0 Å². The number of nitrogens with zero attached hydrogens (tertiary/aromatic N) is 1. The molecule has 0 atom stereocenters. The van der Waals surface area contributed by atoms with Crippen molar-refractivity contribution in [1.29, 1.82) is 0 Å². The molecule has 0 unspecified atom stereocenters. The molecule has 0 aromatic heterocycles. The van der Waals surface area contributed by atoms with E-state index in [0.717, 1.165) is 12.1 Å². The number of para-hydroxylation sites is 2. The summed E-state index contributed by atoms with van der Waals surface area (Å²) in [7, 11) is 0. The quantitative estimate of drug-likeness (QED) is 0.939. The molecule has 1 heterocycles. The number of anilines is 2. The van der Waals surface area contributed by atoms with Gasteiger partial charge in [0.15, 0.2) is 0 Å². The fourth-order valence-electron chi connectivity index (χ4n) is 2.50. The zero-order valence-electron chi connectivity index (χ0n) is 11.6. The minimum atomic E-state index is -0.172. The molecule has 1 aliphatic rings. The second kappa shape index (κ2) is 5.79. The van der Waals surface area contributed by atoms with Crippen molar-refractivity contribution >= 4 is 23.2 Å². The van der Waals surface area contributed by atoms with E-state index in [0.29, 0.717) is 24.2 Å². The highest BCUT2D eigenvalue weighted by molar-refractivity contribution is 6.08. The summed E-state index contributed by atoms with van der Waals surface area (Å²) >= 11 is 0. The number of carbonyl (C=O) groups excluding carboxylic acids is 2. The van der Waals surface area contributed by atoms with Crippen LogP contribution in [0.3, 0.4) is 0 Å². The summed E-state index contributed by atoms with van der Waals surface area (Å²) in [5.74, 6) is -0.0638. The third kappa shape index (κ3) is 2.79. The van der Waals surface area contributed by atoms with E-state index in [9.17, 15) is 9.59 Å². The van der Waals surface area contributed by atoms with E-state index >= 15 is 0 Å². The molecular formula is C17H16N2O2. The third-order valence-corrected chi connectivity index (χ3v) is 3.55. The van der Waals surface area contributed by atoms with Crippen molar-refractivity contribution in [3.05, 3.63) is 60.2 Å². The van der Waals surface area contributed by atoms with E-state index in [1.54, 1.807) is 17.0 Å². The van der Waals surface area contributed by atoms with E-state index in [2.05, 4.69) is 5.32 Å². The Balaban J connectivity index is 1.86. The lowest BCUT2D eigenvalue weighted by molar-refractivity contribution is -0.117. The number of nitrogens with one attached hydrogen (secondary N) is 1. The summed E-state index contributed by atoms with van der Waals surface area (Å²) in [5.41, 5.74) is 2.03. The molecule has 0 spiro atoms. The fourth-order valence-corrected chi connectivity index (χ4v) is 2.50. The molecule has 106 valence electrons. The van der Waals surface area contributed by atoms with Crippen LogP contribution in [0, 0.1) is 0 Å². The van der Waals surface area contributed by atoms with Crippen LogP contribution in [0.25, 0.3) is 0 Å². The summed E-state index contributed by atoms with van der Waals surface area (Å²) in [6.45, 7) is 0.705. The SMILES string of the molecule is O=C(Nc1ccccc1N1CCCC1=O)c1ccccc1. The Hall–Kier alpha value is -2.62. The van der Waals surface area contributed by atoms with Crippen LogP contribution in [0.4, 0.5) is 11.4 Å². The third-order valence-electron chi connectivity index (χ3n) is 3.55. The van der Waals surface area contributed by atoms with Gasteiger partial charge in [-0.1, -0.05) is 30.3 Å². The van der Waals surface area contributed by atoms with Crippen molar-refractivity contribution in [3.63, 3.8) is 0 Å². The van der Waals surface area contributed by atoms with Crippen molar-refractivity contribution in [2.75, 3.05) is 16.8 Å². The van der Waals surface area contributed by atoms with E-state index in [-0.39, 0.29) is 11.8 Å². The molecule has 2 amide bonds. The lowest BCUT2D eigenvalue weighted by atomic mass is 10.2. The lowest BCUT2D eigenvalue weighted by Crippen LogP contribution is -2.25. The number of rotatable bonds is 3. The van der Waals surface area contributed by atoms with Gasteiger partial charge >= 0.3 is 0 Å². The van der Waals surface area contributed by atoms with Crippen molar-refractivity contribution in [3.8, 4) is 0 Å². The van der Waals surface area contributed by atoms with Gasteiger partial charge < -0.3 is 10.2 Å². The van der Waals surface area contributed by atoms with Gasteiger partial charge in [0.2, 0.25) is 5.91 Å². The Morgan fingerprint density at radius 3 is 2.43 bits per heavy atom. The van der Waals surface area contributed by atoms with Gasteiger partial charge in [0.1, 0.15) is 0 Å². The molecule has 3 rings (SSSR count). The topological polar surface area (TPSA) is 49.4 Å². The number of hydrogen-bond acceptors (Lipinski definition) is 2. The van der Waals surface area contributed by atoms with Crippen molar-refractivity contribution in [2.45, 2.75) is 12.8 Å². The average molecular weight is 280 g/mol. The maximum absolute atomic E-state index is 12.2. The Morgan fingerprint density at radius 2 is 1.71 bits per heavy atom. The Labute approximate surface area is 123 Å². The number of hydrogen-bond donors (Lipinski definition) is 1. The highest BCUT2D eigenvalue weighted by Gasteiger charge is 2.24. The molecule has 1 fully saturated rings. The largest absolute Gasteiger partial charge is 0.320 e. The zero-order valence-corrected chi connectivity index (χ0v) is 11.6. The van der Waals surface area contributed by atoms with Crippen LogP contribution >= 0.6 is 0 Å². The molecule has 2 aromatic carbocycles. The summed E-state index contributed by atoms with van der Waals surface area (Å²) in [5, 5.41) is 2.89. The second-order valence-corrected chi connectivity index (χ2v) is 4.99. The monoisotopic (exact) mass is 280 g/mol. The summed E-state index contributed by atoms with van der Waals surface area (Å²) < 4.78 is 0. The van der Waals surface area contributed by atoms with Gasteiger partial charge in [0, 0.05) is 18.5 Å². The first kappa shape index (κ1) is 13.4. The molecule has 1 N–H and O–H groups in total. The molecule has 21 heavy (non-hydrogen) atoms. The maximum atomic E-state index is 12.2. The smallest absolute Gasteiger partial charge is 0.255 e. The summed E-state index contributed by atoms with van der Waals surface area (Å²) in [6, 6.07) is 16.5. The first-order valence-electron chi connectivity index (χ1n) is 7.01. The highest BCUT2D eigenvalue weighted by Crippen LogP contribution is 2.29. The van der Waals surface area contributed by atoms with E-state index in [1.807, 2.05) is 42.5 Å². The predicted molar refractivity (Wildman–Crippen MR) is 82.4 cm³/mol. The van der Waals surface area contributed by atoms with Crippen molar-refractivity contribution < 1.29 is 9.59 Å². The van der Waals surface area contributed by atoms with E-state index in [1.165, 1.54) is 0 Å². The maximum Gasteiger partial charge on any atom is 0.255 e. The van der Waals surface area contributed by atoms with E-state index in [4.69, 9.17) is 0 Å². The molecule has 4 heteroatoms. The summed E-state index contributed by atoms with van der Waals surface area (Å²) in [4.78, 5) is 25.9. The molecule has 0 saturated carbocycles. The molecular weight excluding hydrogens is 264 g/mol. The molecule has 1 aliphatic heterocycles.